The standard InChI is InChI=1S/C18H20Cl2N4O2S/c1-2-23-17-13(18(26)24-7-5-22-6-8-24)14(21)16(27-17)15(25)11-4-3-10(19)9-12(11)20/h3-4,9,22-23H,2,5-8,21H2,1H3. The van der Waals surface area contributed by atoms with E-state index in [2.05, 4.69) is 10.6 Å². The second-order valence-electron chi connectivity index (χ2n) is 6.07. The Kier molecular flexibility index (Phi) is 6.26. The number of ketones is 1. The monoisotopic (exact) mass is 426 g/mol. The van der Waals surface area contributed by atoms with E-state index in [1.165, 1.54) is 17.4 Å². The third-order valence-electron chi connectivity index (χ3n) is 4.28. The molecular weight excluding hydrogens is 407 g/mol. The fourth-order valence-electron chi connectivity index (χ4n) is 2.93. The van der Waals surface area contributed by atoms with Crippen LogP contribution in [0.5, 0.6) is 0 Å². The van der Waals surface area contributed by atoms with Crippen LogP contribution in [0.1, 0.15) is 32.5 Å². The van der Waals surface area contributed by atoms with E-state index in [4.69, 9.17) is 28.9 Å². The number of piperazine rings is 1. The van der Waals surface area contributed by atoms with Crippen molar-refractivity contribution in [3.63, 3.8) is 0 Å². The zero-order chi connectivity index (χ0) is 19.6. The van der Waals surface area contributed by atoms with Crippen LogP contribution in [0, 0.1) is 0 Å². The van der Waals surface area contributed by atoms with Gasteiger partial charge in [-0.2, -0.15) is 0 Å². The van der Waals surface area contributed by atoms with Gasteiger partial charge in [-0.1, -0.05) is 23.2 Å². The predicted octanol–water partition coefficient (Wildman–Crippen LogP) is 3.35. The Morgan fingerprint density at radius 2 is 2.00 bits per heavy atom. The van der Waals surface area contributed by atoms with Crippen LogP contribution in [0.4, 0.5) is 10.7 Å². The van der Waals surface area contributed by atoms with Crippen LogP contribution in [0.25, 0.3) is 0 Å². The van der Waals surface area contributed by atoms with E-state index in [9.17, 15) is 9.59 Å². The molecule has 0 atom stereocenters. The summed E-state index contributed by atoms with van der Waals surface area (Å²) in [5, 5.41) is 7.67. The number of anilines is 2. The lowest BCUT2D eigenvalue weighted by Crippen LogP contribution is -2.46. The molecule has 0 aliphatic carbocycles. The molecule has 0 bridgehead atoms. The molecule has 1 aliphatic rings. The first kappa shape index (κ1) is 19.9. The number of nitrogen functional groups attached to an aromatic ring is 1. The number of benzene rings is 1. The number of hydrogen-bond acceptors (Lipinski definition) is 6. The summed E-state index contributed by atoms with van der Waals surface area (Å²) in [5.41, 5.74) is 7.13. The lowest BCUT2D eigenvalue weighted by molar-refractivity contribution is 0.0738. The highest BCUT2D eigenvalue weighted by molar-refractivity contribution is 7.19. The minimum atomic E-state index is -0.322. The van der Waals surface area contributed by atoms with Gasteiger partial charge in [0, 0.05) is 43.3 Å². The van der Waals surface area contributed by atoms with E-state index in [1.807, 2.05) is 6.92 Å². The Balaban J connectivity index is 2.01. The van der Waals surface area contributed by atoms with Crippen LogP contribution >= 0.6 is 34.5 Å². The van der Waals surface area contributed by atoms with Crippen LogP contribution < -0.4 is 16.4 Å². The number of nitrogens with two attached hydrogens (primary N) is 1. The molecule has 144 valence electrons. The molecule has 1 fully saturated rings. The molecule has 1 amide bonds. The summed E-state index contributed by atoms with van der Waals surface area (Å²) >= 11 is 13.3. The zero-order valence-corrected chi connectivity index (χ0v) is 17.1. The van der Waals surface area contributed by atoms with Gasteiger partial charge in [0.15, 0.2) is 0 Å². The Morgan fingerprint density at radius 1 is 1.30 bits per heavy atom. The number of rotatable bonds is 5. The lowest BCUT2D eigenvalue weighted by Gasteiger charge is -2.27. The summed E-state index contributed by atoms with van der Waals surface area (Å²) in [6, 6.07) is 4.68. The van der Waals surface area contributed by atoms with Crippen LogP contribution in [0.15, 0.2) is 18.2 Å². The maximum absolute atomic E-state index is 13.0. The largest absolute Gasteiger partial charge is 0.397 e. The van der Waals surface area contributed by atoms with E-state index in [1.54, 1.807) is 17.0 Å². The minimum Gasteiger partial charge on any atom is -0.397 e. The Morgan fingerprint density at radius 3 is 2.63 bits per heavy atom. The van der Waals surface area contributed by atoms with E-state index in [0.29, 0.717) is 45.7 Å². The van der Waals surface area contributed by atoms with Crippen LogP contribution in [0.2, 0.25) is 10.0 Å². The van der Waals surface area contributed by atoms with Gasteiger partial charge in [0.25, 0.3) is 5.91 Å². The number of thiophene rings is 1. The van der Waals surface area contributed by atoms with Gasteiger partial charge in [-0.3, -0.25) is 9.59 Å². The van der Waals surface area contributed by atoms with Crippen molar-refractivity contribution >= 4 is 56.9 Å². The fourth-order valence-corrected chi connectivity index (χ4v) is 4.56. The molecule has 27 heavy (non-hydrogen) atoms. The van der Waals surface area contributed by atoms with Gasteiger partial charge < -0.3 is 21.3 Å². The van der Waals surface area contributed by atoms with Crippen LogP contribution in [-0.4, -0.2) is 49.3 Å². The molecule has 3 rings (SSSR count). The van der Waals surface area contributed by atoms with Gasteiger partial charge >= 0.3 is 0 Å². The van der Waals surface area contributed by atoms with E-state index in [-0.39, 0.29) is 22.4 Å². The van der Waals surface area contributed by atoms with Crippen LogP contribution in [0.3, 0.4) is 0 Å². The lowest BCUT2D eigenvalue weighted by atomic mass is 10.1. The third-order valence-corrected chi connectivity index (χ3v) is 5.99. The molecule has 1 saturated heterocycles. The van der Waals surface area contributed by atoms with Crippen molar-refractivity contribution in [2.75, 3.05) is 43.8 Å². The number of carbonyl (C=O) groups excluding carboxylic acids is 2. The fraction of sp³-hybridized carbons (Fsp3) is 0.333. The van der Waals surface area contributed by atoms with Crippen molar-refractivity contribution in [3.8, 4) is 0 Å². The highest BCUT2D eigenvalue weighted by Gasteiger charge is 2.30. The Labute approximate surface area is 171 Å². The predicted molar refractivity (Wildman–Crippen MR) is 112 cm³/mol. The number of halogens is 2. The normalized spacial score (nSPS) is 14.3. The van der Waals surface area contributed by atoms with Crippen molar-refractivity contribution in [2.24, 2.45) is 0 Å². The van der Waals surface area contributed by atoms with Gasteiger partial charge in [0.05, 0.1) is 16.3 Å². The molecule has 0 unspecified atom stereocenters. The SMILES string of the molecule is CCNc1sc(C(=O)c2ccc(Cl)cc2Cl)c(N)c1C(=O)N1CCNCC1. The average molecular weight is 427 g/mol. The summed E-state index contributed by atoms with van der Waals surface area (Å²) < 4.78 is 0. The summed E-state index contributed by atoms with van der Waals surface area (Å²) in [6.07, 6.45) is 0. The molecule has 4 N–H and O–H groups in total. The number of hydrogen-bond donors (Lipinski definition) is 3. The number of amides is 1. The van der Waals surface area contributed by atoms with Gasteiger partial charge in [0.2, 0.25) is 5.78 Å². The van der Waals surface area contributed by atoms with Gasteiger partial charge in [-0.15, -0.1) is 11.3 Å². The highest BCUT2D eigenvalue weighted by atomic mass is 35.5. The summed E-state index contributed by atoms with van der Waals surface area (Å²) in [7, 11) is 0. The van der Waals surface area contributed by atoms with Crippen LogP contribution in [-0.2, 0) is 0 Å². The van der Waals surface area contributed by atoms with E-state index < -0.39 is 0 Å². The first-order valence-electron chi connectivity index (χ1n) is 8.59. The second kappa shape index (κ2) is 8.48. The van der Waals surface area contributed by atoms with Crippen molar-refractivity contribution in [2.45, 2.75) is 6.92 Å². The first-order valence-corrected chi connectivity index (χ1v) is 10.2. The molecular formula is C18H20Cl2N4O2S. The number of nitrogens with one attached hydrogen (secondary N) is 2. The average Bonchev–Trinajstić information content (AvgIpc) is 2.98. The highest BCUT2D eigenvalue weighted by Crippen LogP contribution is 2.39. The summed E-state index contributed by atoms with van der Waals surface area (Å²) in [5.74, 6) is -0.486. The molecule has 9 heteroatoms. The summed E-state index contributed by atoms with van der Waals surface area (Å²) in [4.78, 5) is 28.1. The van der Waals surface area contributed by atoms with Crippen molar-refractivity contribution in [1.29, 1.82) is 0 Å². The third kappa shape index (κ3) is 4.06. The molecule has 0 radical (unpaired) electrons. The van der Waals surface area contributed by atoms with Crippen molar-refractivity contribution < 1.29 is 9.59 Å². The maximum Gasteiger partial charge on any atom is 0.259 e. The first-order chi connectivity index (χ1) is 12.9. The van der Waals surface area contributed by atoms with Gasteiger partial charge in [-0.05, 0) is 25.1 Å². The molecule has 2 heterocycles. The molecule has 1 aromatic carbocycles. The van der Waals surface area contributed by atoms with E-state index >= 15 is 0 Å². The maximum atomic E-state index is 13.0. The van der Waals surface area contributed by atoms with Gasteiger partial charge in [-0.25, -0.2) is 0 Å². The molecule has 0 spiro atoms. The number of nitrogens with zero attached hydrogens (tertiary/aromatic N) is 1. The second-order valence-corrected chi connectivity index (χ2v) is 7.94. The summed E-state index contributed by atoms with van der Waals surface area (Å²) in [6.45, 7) is 5.21. The molecule has 1 aromatic heterocycles. The minimum absolute atomic E-state index is 0.164. The Bertz CT molecular complexity index is 878. The van der Waals surface area contributed by atoms with Crippen molar-refractivity contribution in [3.05, 3.63) is 44.2 Å². The number of carbonyl (C=O) groups is 2. The quantitative estimate of drug-likeness (QED) is 0.638. The van der Waals surface area contributed by atoms with E-state index in [0.717, 1.165) is 13.1 Å². The van der Waals surface area contributed by atoms with Gasteiger partial charge in [0.1, 0.15) is 9.88 Å². The smallest absolute Gasteiger partial charge is 0.259 e. The molecule has 2 aromatic rings. The molecule has 6 nitrogen and oxygen atoms in total. The molecule has 0 saturated carbocycles. The topological polar surface area (TPSA) is 87.5 Å². The zero-order valence-electron chi connectivity index (χ0n) is 14.8. The van der Waals surface area contributed by atoms with Crippen molar-refractivity contribution in [1.82, 2.24) is 10.2 Å². The Hall–Kier alpha value is -1.80. The molecule has 1 aliphatic heterocycles.